The summed E-state index contributed by atoms with van der Waals surface area (Å²) in [6.45, 7) is 8.58. The van der Waals surface area contributed by atoms with Gasteiger partial charge in [0.15, 0.2) is 16.3 Å². The van der Waals surface area contributed by atoms with Crippen LogP contribution < -0.4 is 24.4 Å². The van der Waals surface area contributed by atoms with Crippen LogP contribution in [0.4, 0.5) is 0 Å². The van der Waals surface area contributed by atoms with E-state index in [2.05, 4.69) is 6.92 Å². The molecule has 0 radical (unpaired) electrons. The van der Waals surface area contributed by atoms with Crippen molar-refractivity contribution in [1.82, 2.24) is 4.57 Å². The molecule has 1 aliphatic heterocycles. The zero-order valence-corrected chi connectivity index (χ0v) is 22.5. The second-order valence-electron chi connectivity index (χ2n) is 8.55. The first kappa shape index (κ1) is 26.4. The molecule has 0 saturated heterocycles. The zero-order valence-electron chi connectivity index (χ0n) is 21.7. The minimum Gasteiger partial charge on any atom is -0.490 e. The van der Waals surface area contributed by atoms with Gasteiger partial charge in [0.1, 0.15) is 12.6 Å². The van der Waals surface area contributed by atoms with Crippen LogP contribution in [0.25, 0.3) is 11.8 Å². The summed E-state index contributed by atoms with van der Waals surface area (Å²) in [5, 5.41) is 0. The highest BCUT2D eigenvalue weighted by Crippen LogP contribution is 2.37. The predicted octanol–water partition coefficient (Wildman–Crippen LogP) is 4.64. The molecule has 2 aromatic carbocycles. The molecule has 194 valence electrons. The summed E-state index contributed by atoms with van der Waals surface area (Å²) in [7, 11) is 0. The Bertz CT molecular complexity index is 1470. The second-order valence-corrected chi connectivity index (χ2v) is 9.56. The highest BCUT2D eigenvalue weighted by atomic mass is 32.1. The van der Waals surface area contributed by atoms with Crippen LogP contribution in [0, 0.1) is 0 Å². The summed E-state index contributed by atoms with van der Waals surface area (Å²) in [6, 6.07) is 14.8. The van der Waals surface area contributed by atoms with Gasteiger partial charge in [0, 0.05) is 5.70 Å². The number of hydrogen-bond acceptors (Lipinski definition) is 7. The summed E-state index contributed by atoms with van der Waals surface area (Å²) in [5.41, 5.74) is 2.52. The monoisotopic (exact) mass is 520 g/mol. The molecule has 0 bridgehead atoms. The van der Waals surface area contributed by atoms with E-state index >= 15 is 0 Å². The lowest BCUT2D eigenvalue weighted by molar-refractivity contribution is -0.138. The smallest absolute Gasteiger partial charge is 0.338 e. The van der Waals surface area contributed by atoms with Crippen LogP contribution >= 0.6 is 11.3 Å². The maximum absolute atomic E-state index is 13.1. The number of carbonyl (C=O) groups is 1. The van der Waals surface area contributed by atoms with E-state index in [0.29, 0.717) is 45.3 Å². The number of thiazole rings is 1. The van der Waals surface area contributed by atoms with Gasteiger partial charge in [-0.3, -0.25) is 9.36 Å². The number of ether oxygens (including phenoxy) is 3. The molecule has 2 heterocycles. The van der Waals surface area contributed by atoms with E-state index in [0.717, 1.165) is 24.0 Å². The highest BCUT2D eigenvalue weighted by Gasteiger charge is 2.32. The van der Waals surface area contributed by atoms with Gasteiger partial charge in [-0.15, -0.1) is 0 Å². The van der Waals surface area contributed by atoms with Crippen molar-refractivity contribution in [3.8, 4) is 11.5 Å². The third-order valence-corrected chi connectivity index (χ3v) is 7.01. The zero-order chi connectivity index (χ0) is 26.4. The molecule has 0 aliphatic carbocycles. The molecule has 3 aromatic rings. The Morgan fingerprint density at radius 2 is 1.84 bits per heavy atom. The summed E-state index contributed by atoms with van der Waals surface area (Å²) in [6.07, 6.45) is 3.68. The second kappa shape index (κ2) is 12.1. The molecular weight excluding hydrogens is 488 g/mol. The molecule has 0 unspecified atom stereocenters. The number of carbonyl (C=O) groups excluding carboxylic acids is 1. The number of unbranched alkanes of at least 4 members (excludes halogenated alkanes) is 1. The number of hydrogen-bond donors (Lipinski definition) is 0. The number of fused-ring (bicyclic) bond motifs is 1. The number of aromatic nitrogens is 1. The normalized spacial score (nSPS) is 15.2. The first-order valence-corrected chi connectivity index (χ1v) is 13.4. The summed E-state index contributed by atoms with van der Waals surface area (Å²) in [5.74, 6) is 0.685. The van der Waals surface area contributed by atoms with E-state index < -0.39 is 12.0 Å². The maximum atomic E-state index is 13.1. The molecule has 1 atom stereocenters. The lowest BCUT2D eigenvalue weighted by Gasteiger charge is -2.23. The quantitative estimate of drug-likeness (QED) is 0.364. The minimum atomic E-state index is -0.640. The van der Waals surface area contributed by atoms with Gasteiger partial charge in [-0.25, -0.2) is 9.79 Å². The third-order valence-electron chi connectivity index (χ3n) is 5.98. The summed E-state index contributed by atoms with van der Waals surface area (Å²) < 4.78 is 19.5. The molecule has 4 rings (SSSR count). The van der Waals surface area contributed by atoms with Gasteiger partial charge in [-0.1, -0.05) is 67.2 Å². The molecule has 0 saturated carbocycles. The van der Waals surface area contributed by atoms with Crippen LogP contribution in [0.5, 0.6) is 11.5 Å². The van der Waals surface area contributed by atoms with Gasteiger partial charge in [-0.2, -0.15) is 0 Å². The van der Waals surface area contributed by atoms with Crippen LogP contribution in [0.2, 0.25) is 0 Å². The molecule has 7 nitrogen and oxygen atoms in total. The van der Waals surface area contributed by atoms with Crippen LogP contribution in [0.1, 0.15) is 57.7 Å². The Morgan fingerprint density at radius 3 is 2.54 bits per heavy atom. The molecule has 37 heavy (non-hydrogen) atoms. The molecule has 0 spiro atoms. The third kappa shape index (κ3) is 5.69. The maximum Gasteiger partial charge on any atom is 0.338 e. The van der Waals surface area contributed by atoms with E-state index in [1.54, 1.807) is 13.8 Å². The predicted molar refractivity (Wildman–Crippen MR) is 145 cm³/mol. The standard InChI is InChI=1S/C29H32N2O5S/c1-5-8-14-24-27(32)31-19(4)25(28(33)35-7-3)26(30-29(31)37-24)21-15-16-22(23(17-21)34-6-2)36-18-20-12-10-9-11-13-20/h9-17,26H,5-8,18H2,1-4H3/b24-14-/t26-/m1/s1. The van der Waals surface area contributed by atoms with Gasteiger partial charge in [0.05, 0.1) is 23.3 Å². The van der Waals surface area contributed by atoms with Crippen LogP contribution in [-0.2, 0) is 16.1 Å². The fourth-order valence-corrected chi connectivity index (χ4v) is 5.23. The van der Waals surface area contributed by atoms with Gasteiger partial charge in [0.25, 0.3) is 5.56 Å². The first-order valence-electron chi connectivity index (χ1n) is 12.6. The molecule has 0 N–H and O–H groups in total. The van der Waals surface area contributed by atoms with Crippen molar-refractivity contribution in [2.45, 2.75) is 53.2 Å². The average molecular weight is 521 g/mol. The van der Waals surface area contributed by atoms with Crippen molar-refractivity contribution >= 4 is 29.1 Å². The van der Waals surface area contributed by atoms with E-state index in [-0.39, 0.29) is 12.2 Å². The first-order chi connectivity index (χ1) is 18.0. The molecule has 1 aliphatic rings. The van der Waals surface area contributed by atoms with Crippen LogP contribution in [0.3, 0.4) is 0 Å². The van der Waals surface area contributed by atoms with E-state index in [1.807, 2.05) is 61.5 Å². The fraction of sp³-hybridized carbons (Fsp3) is 0.345. The highest BCUT2D eigenvalue weighted by molar-refractivity contribution is 7.07. The average Bonchev–Trinajstić information content (AvgIpc) is 3.22. The lowest BCUT2D eigenvalue weighted by atomic mass is 9.96. The number of nitrogens with zero attached hydrogens (tertiary/aromatic N) is 2. The van der Waals surface area contributed by atoms with Crippen LogP contribution in [0.15, 0.2) is 63.9 Å². The minimum absolute atomic E-state index is 0.158. The summed E-state index contributed by atoms with van der Waals surface area (Å²) in [4.78, 5) is 31.7. The van der Waals surface area contributed by atoms with Gasteiger partial charge in [-0.05, 0) is 50.5 Å². The molecular formula is C29H32N2O5S. The molecule has 1 aromatic heterocycles. The Hall–Kier alpha value is -3.65. The van der Waals surface area contributed by atoms with Gasteiger partial charge < -0.3 is 14.2 Å². The largest absolute Gasteiger partial charge is 0.490 e. The molecule has 8 heteroatoms. The van der Waals surface area contributed by atoms with E-state index in [1.165, 1.54) is 15.9 Å². The van der Waals surface area contributed by atoms with E-state index in [4.69, 9.17) is 19.2 Å². The van der Waals surface area contributed by atoms with E-state index in [9.17, 15) is 9.59 Å². The molecule has 0 fully saturated rings. The SMILES string of the molecule is CCC/C=c1\sc2n(c1=O)C(C)=C(C(=O)OCC)[C@@H](c1ccc(OCc3ccccc3)c(OCC)c1)N=2. The summed E-state index contributed by atoms with van der Waals surface area (Å²) >= 11 is 1.34. The Morgan fingerprint density at radius 1 is 1.05 bits per heavy atom. The number of benzene rings is 2. The van der Waals surface area contributed by atoms with Gasteiger partial charge in [0.2, 0.25) is 0 Å². The van der Waals surface area contributed by atoms with Crippen molar-refractivity contribution < 1.29 is 19.0 Å². The number of esters is 1. The lowest BCUT2D eigenvalue weighted by Crippen LogP contribution is -2.35. The number of allylic oxidation sites excluding steroid dienone is 1. The van der Waals surface area contributed by atoms with Crippen molar-refractivity contribution in [1.29, 1.82) is 0 Å². The Labute approximate surface area is 220 Å². The van der Waals surface area contributed by atoms with Crippen LogP contribution in [-0.4, -0.2) is 23.8 Å². The van der Waals surface area contributed by atoms with Gasteiger partial charge >= 0.3 is 5.97 Å². The topological polar surface area (TPSA) is 79.1 Å². The van der Waals surface area contributed by atoms with Crippen molar-refractivity contribution in [3.63, 3.8) is 0 Å². The van der Waals surface area contributed by atoms with Crippen molar-refractivity contribution in [2.75, 3.05) is 13.2 Å². The fourth-order valence-electron chi connectivity index (χ4n) is 4.19. The Balaban J connectivity index is 1.79. The van der Waals surface area contributed by atoms with Crippen molar-refractivity contribution in [2.24, 2.45) is 4.99 Å². The molecule has 0 amide bonds. The number of rotatable bonds is 10. The van der Waals surface area contributed by atoms with Crippen molar-refractivity contribution in [3.05, 3.63) is 84.9 Å². The Kier molecular flexibility index (Phi) is 8.61.